The summed E-state index contributed by atoms with van der Waals surface area (Å²) in [4.78, 5) is 21.9. The van der Waals surface area contributed by atoms with E-state index >= 15 is 0 Å². The maximum Gasteiger partial charge on any atom is 0.320 e. The Morgan fingerprint density at radius 2 is 1.82 bits per heavy atom. The summed E-state index contributed by atoms with van der Waals surface area (Å²) < 4.78 is 11.2. The van der Waals surface area contributed by atoms with Crippen LogP contribution in [0.2, 0.25) is 5.02 Å². The Balaban J connectivity index is 1.41. The first-order valence-corrected chi connectivity index (χ1v) is 12.3. The van der Waals surface area contributed by atoms with Gasteiger partial charge in [0.25, 0.3) is 0 Å². The minimum atomic E-state index is -0.0463. The summed E-state index contributed by atoms with van der Waals surface area (Å²) in [5.41, 5.74) is 3.35. The van der Waals surface area contributed by atoms with Crippen molar-refractivity contribution in [1.29, 1.82) is 0 Å². The van der Waals surface area contributed by atoms with E-state index in [1.807, 2.05) is 34.1 Å². The van der Waals surface area contributed by atoms with Crippen molar-refractivity contribution >= 4 is 17.6 Å². The van der Waals surface area contributed by atoms with Gasteiger partial charge in [0.2, 0.25) is 11.7 Å². The molecule has 0 bridgehead atoms. The van der Waals surface area contributed by atoms with Crippen LogP contribution < -0.4 is 0 Å². The van der Waals surface area contributed by atoms with E-state index in [-0.39, 0.29) is 17.9 Å². The number of halogens is 1. The third-order valence-electron chi connectivity index (χ3n) is 6.74. The van der Waals surface area contributed by atoms with Crippen LogP contribution in [0.4, 0.5) is 4.79 Å². The fraction of sp³-hybridized carbons (Fsp3) is 0.423. The van der Waals surface area contributed by atoms with Crippen LogP contribution in [0.25, 0.3) is 11.4 Å². The van der Waals surface area contributed by atoms with Crippen molar-refractivity contribution in [3.05, 3.63) is 70.6 Å². The molecule has 2 aromatic carbocycles. The van der Waals surface area contributed by atoms with E-state index in [9.17, 15) is 4.79 Å². The molecule has 34 heavy (non-hydrogen) atoms. The standard InChI is InChI=1S/C26H29ClN4O3/c1-2-18-6-8-19(9-7-18)21-14-22(17-31(16-21)26(32)30-10-12-33-13-11-30)25-28-24(29-34-25)20-4-3-5-23(27)15-20/h3-9,15,21-22H,2,10-14,16-17H2,1H3. The molecule has 178 valence electrons. The smallest absolute Gasteiger partial charge is 0.320 e. The molecule has 7 nitrogen and oxygen atoms in total. The molecule has 2 amide bonds. The number of amides is 2. The summed E-state index contributed by atoms with van der Waals surface area (Å²) in [6.45, 7) is 5.78. The van der Waals surface area contributed by atoms with Crippen molar-refractivity contribution in [2.75, 3.05) is 39.4 Å². The van der Waals surface area contributed by atoms with Gasteiger partial charge < -0.3 is 19.1 Å². The van der Waals surface area contributed by atoms with Crippen molar-refractivity contribution in [1.82, 2.24) is 19.9 Å². The van der Waals surface area contributed by atoms with Gasteiger partial charge in [-0.3, -0.25) is 0 Å². The van der Waals surface area contributed by atoms with Crippen LogP contribution in [0.1, 0.15) is 42.2 Å². The molecule has 3 heterocycles. The average molecular weight is 481 g/mol. The van der Waals surface area contributed by atoms with Gasteiger partial charge in [-0.15, -0.1) is 0 Å². The van der Waals surface area contributed by atoms with Gasteiger partial charge in [-0.05, 0) is 36.1 Å². The lowest BCUT2D eigenvalue weighted by molar-refractivity contribution is 0.0392. The van der Waals surface area contributed by atoms with Crippen LogP contribution in [0.15, 0.2) is 53.1 Å². The molecular formula is C26H29ClN4O3. The highest BCUT2D eigenvalue weighted by atomic mass is 35.5. The molecule has 0 saturated carbocycles. The molecule has 8 heteroatoms. The van der Waals surface area contributed by atoms with Gasteiger partial charge in [0.05, 0.1) is 19.1 Å². The molecule has 2 aliphatic heterocycles. The Morgan fingerprint density at radius 1 is 1.06 bits per heavy atom. The van der Waals surface area contributed by atoms with Gasteiger partial charge in [-0.1, -0.05) is 60.1 Å². The maximum absolute atomic E-state index is 13.4. The normalized spacial score (nSPS) is 21.0. The van der Waals surface area contributed by atoms with Crippen LogP contribution in [0.3, 0.4) is 0 Å². The van der Waals surface area contributed by atoms with E-state index in [1.54, 1.807) is 0 Å². The minimum Gasteiger partial charge on any atom is -0.378 e. The number of nitrogens with zero attached hydrogens (tertiary/aromatic N) is 4. The summed E-state index contributed by atoms with van der Waals surface area (Å²) >= 11 is 6.14. The monoisotopic (exact) mass is 480 g/mol. The number of hydrogen-bond donors (Lipinski definition) is 0. The summed E-state index contributed by atoms with van der Waals surface area (Å²) in [7, 11) is 0. The Bertz CT molecular complexity index is 1130. The van der Waals surface area contributed by atoms with Crippen molar-refractivity contribution in [2.24, 2.45) is 0 Å². The number of morpholine rings is 1. The number of piperidine rings is 1. The molecular weight excluding hydrogens is 452 g/mol. The predicted molar refractivity (Wildman–Crippen MR) is 130 cm³/mol. The Morgan fingerprint density at radius 3 is 2.56 bits per heavy atom. The second-order valence-corrected chi connectivity index (χ2v) is 9.41. The number of hydrogen-bond acceptors (Lipinski definition) is 5. The van der Waals surface area contributed by atoms with E-state index in [0.29, 0.717) is 56.1 Å². The second kappa shape index (κ2) is 10.2. The van der Waals surface area contributed by atoms with Crippen molar-refractivity contribution in [2.45, 2.75) is 31.6 Å². The van der Waals surface area contributed by atoms with Crippen LogP contribution in [-0.4, -0.2) is 65.4 Å². The summed E-state index contributed by atoms with van der Waals surface area (Å²) in [6.07, 6.45) is 1.85. The second-order valence-electron chi connectivity index (χ2n) is 8.98. The van der Waals surface area contributed by atoms with Gasteiger partial charge in [0.1, 0.15) is 0 Å². The van der Waals surface area contributed by atoms with E-state index < -0.39 is 0 Å². The largest absolute Gasteiger partial charge is 0.378 e. The van der Waals surface area contributed by atoms with Gasteiger partial charge in [-0.25, -0.2) is 4.79 Å². The summed E-state index contributed by atoms with van der Waals surface area (Å²) in [5.74, 6) is 1.22. The molecule has 2 unspecified atom stereocenters. The van der Waals surface area contributed by atoms with Crippen LogP contribution >= 0.6 is 11.6 Å². The first kappa shape index (κ1) is 22.9. The predicted octanol–water partition coefficient (Wildman–Crippen LogP) is 4.98. The highest BCUT2D eigenvalue weighted by Gasteiger charge is 2.36. The van der Waals surface area contributed by atoms with Crippen LogP contribution in [0.5, 0.6) is 0 Å². The third-order valence-corrected chi connectivity index (χ3v) is 6.97. The first-order chi connectivity index (χ1) is 16.6. The lowest BCUT2D eigenvalue weighted by Crippen LogP contribution is -2.52. The molecule has 0 radical (unpaired) electrons. The molecule has 2 aliphatic rings. The Hall–Kier alpha value is -2.90. The van der Waals surface area contributed by atoms with Crippen LogP contribution in [0, 0.1) is 0 Å². The number of aryl methyl sites for hydroxylation is 1. The van der Waals surface area contributed by atoms with E-state index in [2.05, 4.69) is 36.3 Å². The molecule has 5 rings (SSSR count). The molecule has 2 atom stereocenters. The SMILES string of the molecule is CCc1ccc(C2CC(c3nc(-c4cccc(Cl)c4)no3)CN(C(=O)N3CCOCC3)C2)cc1. The number of ether oxygens (including phenoxy) is 1. The quantitative estimate of drug-likeness (QED) is 0.526. The number of benzene rings is 2. The fourth-order valence-corrected chi connectivity index (χ4v) is 4.99. The highest BCUT2D eigenvalue weighted by Crippen LogP contribution is 2.36. The molecule has 0 spiro atoms. The number of carbonyl (C=O) groups is 1. The summed E-state index contributed by atoms with van der Waals surface area (Å²) in [6, 6.07) is 16.2. The summed E-state index contributed by atoms with van der Waals surface area (Å²) in [5, 5.41) is 4.83. The number of rotatable bonds is 4. The number of aromatic nitrogens is 2. The zero-order chi connectivity index (χ0) is 23.5. The number of carbonyl (C=O) groups excluding carboxylic acids is 1. The van der Waals surface area contributed by atoms with Crippen molar-refractivity contribution < 1.29 is 14.1 Å². The van der Waals surface area contributed by atoms with E-state index in [0.717, 1.165) is 18.4 Å². The van der Waals surface area contributed by atoms with Gasteiger partial charge >= 0.3 is 6.03 Å². The topological polar surface area (TPSA) is 71.7 Å². The lowest BCUT2D eigenvalue weighted by atomic mass is 9.84. The first-order valence-electron chi connectivity index (χ1n) is 11.9. The zero-order valence-electron chi connectivity index (χ0n) is 19.3. The third kappa shape index (κ3) is 4.95. The molecule has 2 saturated heterocycles. The van der Waals surface area contributed by atoms with Gasteiger partial charge in [0, 0.05) is 42.7 Å². The van der Waals surface area contributed by atoms with Crippen molar-refractivity contribution in [3.63, 3.8) is 0 Å². The Labute approximate surface area is 204 Å². The zero-order valence-corrected chi connectivity index (χ0v) is 20.1. The number of urea groups is 1. The van der Waals surface area contributed by atoms with Gasteiger partial charge in [0.15, 0.2) is 0 Å². The molecule has 1 aromatic heterocycles. The molecule has 2 fully saturated rings. The average Bonchev–Trinajstić information content (AvgIpc) is 3.39. The Kier molecular flexibility index (Phi) is 6.83. The maximum atomic E-state index is 13.4. The lowest BCUT2D eigenvalue weighted by Gasteiger charge is -2.40. The van der Waals surface area contributed by atoms with E-state index in [1.165, 1.54) is 11.1 Å². The fourth-order valence-electron chi connectivity index (χ4n) is 4.80. The van der Waals surface area contributed by atoms with Gasteiger partial charge in [-0.2, -0.15) is 4.98 Å². The number of likely N-dealkylation sites (tertiary alicyclic amines) is 1. The molecule has 0 N–H and O–H groups in total. The van der Waals surface area contributed by atoms with Crippen molar-refractivity contribution in [3.8, 4) is 11.4 Å². The van der Waals surface area contributed by atoms with Crippen LogP contribution in [-0.2, 0) is 11.2 Å². The van der Waals surface area contributed by atoms with E-state index in [4.69, 9.17) is 25.8 Å². The molecule has 0 aliphatic carbocycles. The minimum absolute atomic E-state index is 0.0463. The molecule has 3 aromatic rings. The highest BCUT2D eigenvalue weighted by molar-refractivity contribution is 6.30.